The van der Waals surface area contributed by atoms with Crippen molar-refractivity contribution in [1.82, 2.24) is 0 Å². The summed E-state index contributed by atoms with van der Waals surface area (Å²) in [5, 5.41) is 0.867. The van der Waals surface area contributed by atoms with E-state index in [9.17, 15) is 0 Å². The van der Waals surface area contributed by atoms with E-state index < -0.39 is 0 Å². The van der Waals surface area contributed by atoms with Crippen LogP contribution in [0, 0.1) is 0 Å². The Morgan fingerprint density at radius 3 is 2.59 bits per heavy atom. The normalized spacial score (nSPS) is 15.8. The van der Waals surface area contributed by atoms with Gasteiger partial charge in [-0.25, -0.2) is 0 Å². The molecule has 2 aliphatic rings. The number of fused-ring (bicyclic) bond motifs is 3. The van der Waals surface area contributed by atoms with Crippen molar-refractivity contribution in [1.29, 1.82) is 0 Å². The second-order valence-electron chi connectivity index (χ2n) is 6.31. The van der Waals surface area contributed by atoms with Crippen LogP contribution in [0.15, 0.2) is 43.0 Å². The zero-order valence-corrected chi connectivity index (χ0v) is 13.5. The van der Waals surface area contributed by atoms with E-state index in [1.807, 2.05) is 6.08 Å². The van der Waals surface area contributed by atoms with E-state index in [1.165, 1.54) is 59.4 Å². The van der Waals surface area contributed by atoms with Crippen LogP contribution in [0.25, 0.3) is 11.1 Å². The molecule has 0 atom stereocenters. The summed E-state index contributed by atoms with van der Waals surface area (Å²) >= 11 is 6.41. The van der Waals surface area contributed by atoms with Gasteiger partial charge in [0.25, 0.3) is 0 Å². The minimum atomic E-state index is 0.827. The number of rotatable bonds is 3. The number of benzene rings is 2. The molecule has 0 bridgehead atoms. The minimum Gasteiger partial charge on any atom is -0.372 e. The van der Waals surface area contributed by atoms with Gasteiger partial charge in [0.2, 0.25) is 0 Å². The third-order valence-electron chi connectivity index (χ3n) is 4.87. The van der Waals surface area contributed by atoms with Crippen molar-refractivity contribution >= 4 is 17.3 Å². The average molecular weight is 310 g/mol. The van der Waals surface area contributed by atoms with Gasteiger partial charge in [-0.05, 0) is 77.8 Å². The van der Waals surface area contributed by atoms with E-state index in [-0.39, 0.29) is 0 Å². The number of anilines is 1. The van der Waals surface area contributed by atoms with Crippen molar-refractivity contribution in [2.24, 2.45) is 0 Å². The maximum Gasteiger partial charge on any atom is 0.0444 e. The fourth-order valence-electron chi connectivity index (χ4n) is 3.71. The Kier molecular flexibility index (Phi) is 3.46. The molecule has 0 spiro atoms. The van der Waals surface area contributed by atoms with Crippen LogP contribution >= 0.6 is 11.6 Å². The van der Waals surface area contributed by atoms with Gasteiger partial charge in [-0.3, -0.25) is 0 Å². The second-order valence-corrected chi connectivity index (χ2v) is 6.71. The Labute approximate surface area is 137 Å². The standard InChI is InChI=1S/C20H20ClN/c1-2-5-15-11-18-16(12-20(15)21)10-14-6-7-17(13-19(14)18)22-8-3-4-9-22/h2,6-7,11-13H,1,3-5,8-10H2. The molecule has 0 unspecified atom stereocenters. The van der Waals surface area contributed by atoms with Gasteiger partial charge in [0.05, 0.1) is 0 Å². The highest BCUT2D eigenvalue weighted by Gasteiger charge is 2.22. The van der Waals surface area contributed by atoms with Gasteiger partial charge in [-0.15, -0.1) is 6.58 Å². The van der Waals surface area contributed by atoms with Crippen LogP contribution in [0.3, 0.4) is 0 Å². The molecule has 1 aliphatic heterocycles. The van der Waals surface area contributed by atoms with Crippen LogP contribution in [-0.4, -0.2) is 13.1 Å². The molecule has 22 heavy (non-hydrogen) atoms. The van der Waals surface area contributed by atoms with Gasteiger partial charge in [0, 0.05) is 23.8 Å². The van der Waals surface area contributed by atoms with Crippen molar-refractivity contribution < 1.29 is 0 Å². The summed E-state index contributed by atoms with van der Waals surface area (Å²) in [5.74, 6) is 0. The molecule has 0 radical (unpaired) electrons. The van der Waals surface area contributed by atoms with Crippen molar-refractivity contribution in [3.8, 4) is 11.1 Å². The zero-order chi connectivity index (χ0) is 15.1. The fraction of sp³-hybridized carbons (Fsp3) is 0.300. The molecule has 2 aromatic rings. The summed E-state index contributed by atoms with van der Waals surface area (Å²) in [6, 6.07) is 11.4. The lowest BCUT2D eigenvalue weighted by Crippen LogP contribution is -2.17. The van der Waals surface area contributed by atoms with Crippen LogP contribution in [0.5, 0.6) is 0 Å². The molecule has 0 saturated carbocycles. The predicted octanol–water partition coefficient (Wildman–Crippen LogP) is 5.24. The number of hydrogen-bond donors (Lipinski definition) is 0. The van der Waals surface area contributed by atoms with E-state index >= 15 is 0 Å². The van der Waals surface area contributed by atoms with E-state index in [1.54, 1.807) is 0 Å². The molecule has 0 N–H and O–H groups in total. The Morgan fingerprint density at radius 1 is 1.05 bits per heavy atom. The van der Waals surface area contributed by atoms with Gasteiger partial charge < -0.3 is 4.90 Å². The molecular weight excluding hydrogens is 290 g/mol. The summed E-state index contributed by atoms with van der Waals surface area (Å²) in [5.41, 5.74) is 8.06. The lowest BCUT2D eigenvalue weighted by atomic mass is 10.0. The molecule has 4 rings (SSSR count). The average Bonchev–Trinajstić information content (AvgIpc) is 3.15. The fourth-order valence-corrected chi connectivity index (χ4v) is 3.98. The number of nitrogens with zero attached hydrogens (tertiary/aromatic N) is 1. The monoisotopic (exact) mass is 309 g/mol. The summed E-state index contributed by atoms with van der Waals surface area (Å²) in [4.78, 5) is 2.50. The van der Waals surface area contributed by atoms with Crippen molar-refractivity contribution in [2.45, 2.75) is 25.7 Å². The second kappa shape index (κ2) is 5.48. The van der Waals surface area contributed by atoms with Crippen LogP contribution < -0.4 is 4.90 Å². The molecular formula is C20H20ClN. The molecule has 1 heterocycles. The minimum absolute atomic E-state index is 0.827. The van der Waals surface area contributed by atoms with Crippen LogP contribution in [-0.2, 0) is 12.8 Å². The van der Waals surface area contributed by atoms with Gasteiger partial charge in [-0.2, -0.15) is 0 Å². The highest BCUT2D eigenvalue weighted by Crippen LogP contribution is 2.41. The predicted molar refractivity (Wildman–Crippen MR) is 95.0 cm³/mol. The third kappa shape index (κ3) is 2.24. The highest BCUT2D eigenvalue weighted by atomic mass is 35.5. The number of halogens is 1. The Morgan fingerprint density at radius 2 is 1.82 bits per heavy atom. The quantitative estimate of drug-likeness (QED) is 0.598. The first-order valence-electron chi connectivity index (χ1n) is 8.06. The summed E-state index contributed by atoms with van der Waals surface area (Å²) in [6.07, 6.45) is 6.37. The molecule has 1 aliphatic carbocycles. The van der Waals surface area contributed by atoms with Crippen LogP contribution in [0.4, 0.5) is 5.69 Å². The largest absolute Gasteiger partial charge is 0.372 e. The van der Waals surface area contributed by atoms with Crippen LogP contribution in [0.1, 0.15) is 29.5 Å². The summed E-state index contributed by atoms with van der Waals surface area (Å²) < 4.78 is 0. The van der Waals surface area contributed by atoms with Crippen LogP contribution in [0.2, 0.25) is 5.02 Å². The molecule has 1 nitrogen and oxygen atoms in total. The van der Waals surface area contributed by atoms with Crippen molar-refractivity contribution in [2.75, 3.05) is 18.0 Å². The third-order valence-corrected chi connectivity index (χ3v) is 5.22. The lowest BCUT2D eigenvalue weighted by molar-refractivity contribution is 0.949. The molecule has 2 aromatic carbocycles. The van der Waals surface area contributed by atoms with Gasteiger partial charge >= 0.3 is 0 Å². The molecule has 0 aromatic heterocycles. The first-order chi connectivity index (χ1) is 10.8. The maximum absolute atomic E-state index is 6.41. The van der Waals surface area contributed by atoms with Crippen molar-refractivity contribution in [3.63, 3.8) is 0 Å². The van der Waals surface area contributed by atoms with Gasteiger partial charge in [0.1, 0.15) is 0 Å². The number of allylic oxidation sites excluding steroid dienone is 1. The summed E-state index contributed by atoms with van der Waals surface area (Å²) in [6.45, 7) is 6.21. The smallest absolute Gasteiger partial charge is 0.0444 e. The molecule has 1 fully saturated rings. The zero-order valence-electron chi connectivity index (χ0n) is 12.7. The Hall–Kier alpha value is -1.73. The summed E-state index contributed by atoms with van der Waals surface area (Å²) in [7, 11) is 0. The van der Waals surface area contributed by atoms with Gasteiger partial charge in [-0.1, -0.05) is 23.7 Å². The lowest BCUT2D eigenvalue weighted by Gasteiger charge is -2.18. The molecule has 112 valence electrons. The topological polar surface area (TPSA) is 3.24 Å². The highest BCUT2D eigenvalue weighted by molar-refractivity contribution is 6.31. The maximum atomic E-state index is 6.41. The molecule has 2 heteroatoms. The molecule has 1 saturated heterocycles. The van der Waals surface area contributed by atoms with Crippen molar-refractivity contribution in [3.05, 3.63) is 64.7 Å². The Balaban J connectivity index is 1.79. The first kappa shape index (κ1) is 13.9. The SMILES string of the molecule is C=CCc1cc2c(cc1Cl)Cc1ccc(N3CCCC3)cc1-2. The number of hydrogen-bond acceptors (Lipinski definition) is 1. The van der Waals surface area contributed by atoms with Gasteiger partial charge in [0.15, 0.2) is 0 Å². The Bertz CT molecular complexity index is 742. The van der Waals surface area contributed by atoms with E-state index in [0.717, 1.165) is 17.9 Å². The van der Waals surface area contributed by atoms with E-state index in [0.29, 0.717) is 0 Å². The van der Waals surface area contributed by atoms with E-state index in [4.69, 9.17) is 11.6 Å². The molecule has 0 amide bonds. The first-order valence-corrected chi connectivity index (χ1v) is 8.44. The van der Waals surface area contributed by atoms with E-state index in [2.05, 4.69) is 41.8 Å².